The number of anilines is 1. The van der Waals surface area contributed by atoms with E-state index in [1.54, 1.807) is 6.07 Å². The Morgan fingerprint density at radius 1 is 1.24 bits per heavy atom. The lowest BCUT2D eigenvalue weighted by molar-refractivity contribution is 0.590. The van der Waals surface area contributed by atoms with Gasteiger partial charge in [-0.25, -0.2) is 8.42 Å². The minimum Gasteiger partial charge on any atom is -0.283 e. The quantitative estimate of drug-likeness (QED) is 0.900. The van der Waals surface area contributed by atoms with E-state index >= 15 is 0 Å². The smallest absolute Gasteiger partial charge is 0.235 e. The number of rotatable bonds is 3. The largest absolute Gasteiger partial charge is 0.283 e. The summed E-state index contributed by atoms with van der Waals surface area (Å²) in [4.78, 5) is 0. The summed E-state index contributed by atoms with van der Waals surface area (Å²) >= 11 is 0. The van der Waals surface area contributed by atoms with Gasteiger partial charge in [-0.05, 0) is 36.0 Å². The van der Waals surface area contributed by atoms with Crippen LogP contribution in [0.1, 0.15) is 39.2 Å². The molecule has 0 amide bonds. The van der Waals surface area contributed by atoms with E-state index < -0.39 is 10.0 Å². The van der Waals surface area contributed by atoms with Crippen LogP contribution in [-0.2, 0) is 15.4 Å². The van der Waals surface area contributed by atoms with Gasteiger partial charge in [0.25, 0.3) is 0 Å². The van der Waals surface area contributed by atoms with Crippen LogP contribution in [-0.4, -0.2) is 13.7 Å². The van der Waals surface area contributed by atoms with E-state index in [2.05, 4.69) is 25.5 Å². The summed E-state index contributed by atoms with van der Waals surface area (Å²) in [6.45, 7) is 6.34. The highest BCUT2D eigenvalue weighted by Crippen LogP contribution is 2.31. The van der Waals surface area contributed by atoms with E-state index in [1.807, 2.05) is 18.2 Å². The maximum atomic E-state index is 11.8. The number of benzene rings is 1. The van der Waals surface area contributed by atoms with Crippen LogP contribution in [0.3, 0.4) is 0 Å². The molecule has 1 N–H and O–H groups in total. The van der Waals surface area contributed by atoms with Crippen LogP contribution < -0.4 is 4.72 Å². The lowest BCUT2D eigenvalue weighted by Crippen LogP contribution is -2.18. The van der Waals surface area contributed by atoms with E-state index in [-0.39, 0.29) is 10.7 Å². The van der Waals surface area contributed by atoms with Crippen LogP contribution in [0.25, 0.3) is 0 Å². The molecule has 1 aliphatic carbocycles. The maximum Gasteiger partial charge on any atom is 0.235 e. The van der Waals surface area contributed by atoms with Gasteiger partial charge in [0.2, 0.25) is 10.0 Å². The Kier molecular flexibility index (Phi) is 2.94. The first-order valence-corrected chi connectivity index (χ1v) is 7.46. The predicted molar refractivity (Wildman–Crippen MR) is 70.7 cm³/mol. The van der Waals surface area contributed by atoms with E-state index in [9.17, 15) is 8.42 Å². The van der Waals surface area contributed by atoms with Gasteiger partial charge in [0.15, 0.2) is 0 Å². The molecule has 0 aliphatic heterocycles. The average molecular weight is 253 g/mol. The second kappa shape index (κ2) is 4.02. The molecule has 1 aliphatic rings. The summed E-state index contributed by atoms with van der Waals surface area (Å²) < 4.78 is 26.3. The molecule has 4 heteroatoms. The standard InChI is InChI=1S/C13H19NO2S/c1-13(2,3)10-5-4-6-11(9-10)14-17(15,16)12-7-8-12/h4-6,9,12,14H,7-8H2,1-3H3. The Morgan fingerprint density at radius 2 is 1.88 bits per heavy atom. The third-order valence-electron chi connectivity index (χ3n) is 2.95. The van der Waals surface area contributed by atoms with E-state index in [4.69, 9.17) is 0 Å². The number of nitrogens with one attached hydrogen (secondary N) is 1. The summed E-state index contributed by atoms with van der Waals surface area (Å²) in [6, 6.07) is 7.63. The molecule has 0 spiro atoms. The Hall–Kier alpha value is -1.03. The highest BCUT2D eigenvalue weighted by atomic mass is 32.2. The fourth-order valence-electron chi connectivity index (χ4n) is 1.68. The molecule has 1 aromatic carbocycles. The van der Waals surface area contributed by atoms with Crippen LogP contribution in [0, 0.1) is 0 Å². The topological polar surface area (TPSA) is 46.2 Å². The lowest BCUT2D eigenvalue weighted by Gasteiger charge is -2.20. The van der Waals surface area contributed by atoms with Gasteiger partial charge in [0.1, 0.15) is 0 Å². The van der Waals surface area contributed by atoms with Crippen molar-refractivity contribution in [3.05, 3.63) is 29.8 Å². The SMILES string of the molecule is CC(C)(C)c1cccc(NS(=O)(=O)C2CC2)c1. The van der Waals surface area contributed by atoms with Gasteiger partial charge in [0.05, 0.1) is 5.25 Å². The first-order valence-electron chi connectivity index (χ1n) is 5.91. The first kappa shape index (κ1) is 12.4. The molecule has 1 aromatic rings. The van der Waals surface area contributed by atoms with Gasteiger partial charge >= 0.3 is 0 Å². The molecule has 0 bridgehead atoms. The molecule has 1 saturated carbocycles. The number of hydrogen-bond acceptors (Lipinski definition) is 2. The molecule has 0 saturated heterocycles. The Balaban J connectivity index is 2.22. The van der Waals surface area contributed by atoms with Crippen molar-refractivity contribution in [1.82, 2.24) is 0 Å². The second-order valence-corrected chi connectivity index (χ2v) is 7.64. The average Bonchev–Trinajstić information content (AvgIpc) is 2.99. The van der Waals surface area contributed by atoms with Crippen LogP contribution in [0.15, 0.2) is 24.3 Å². The molecule has 0 atom stereocenters. The molecule has 0 heterocycles. The van der Waals surface area contributed by atoms with Crippen molar-refractivity contribution in [1.29, 1.82) is 0 Å². The molecular formula is C13H19NO2S. The van der Waals surface area contributed by atoms with Crippen LogP contribution in [0.2, 0.25) is 0 Å². The zero-order valence-corrected chi connectivity index (χ0v) is 11.3. The molecule has 0 radical (unpaired) electrons. The Morgan fingerprint density at radius 3 is 2.41 bits per heavy atom. The predicted octanol–water partition coefficient (Wildman–Crippen LogP) is 2.89. The summed E-state index contributed by atoms with van der Waals surface area (Å²) in [5.74, 6) is 0. The minimum atomic E-state index is -3.15. The Labute approximate surface area is 103 Å². The van der Waals surface area contributed by atoms with Gasteiger partial charge in [-0.15, -0.1) is 0 Å². The zero-order chi connectivity index (χ0) is 12.7. The summed E-state index contributed by atoms with van der Waals surface area (Å²) in [5, 5.41) is -0.180. The van der Waals surface area contributed by atoms with Crippen molar-refractivity contribution < 1.29 is 8.42 Å². The summed E-state index contributed by atoms with van der Waals surface area (Å²) in [7, 11) is -3.15. The molecule has 2 rings (SSSR count). The zero-order valence-electron chi connectivity index (χ0n) is 10.5. The van der Waals surface area contributed by atoms with Crippen molar-refractivity contribution in [2.45, 2.75) is 44.3 Å². The maximum absolute atomic E-state index is 11.8. The van der Waals surface area contributed by atoms with Gasteiger partial charge in [-0.2, -0.15) is 0 Å². The van der Waals surface area contributed by atoms with Crippen molar-refractivity contribution in [2.75, 3.05) is 4.72 Å². The van der Waals surface area contributed by atoms with Crippen LogP contribution >= 0.6 is 0 Å². The third-order valence-corrected chi connectivity index (χ3v) is 4.82. The van der Waals surface area contributed by atoms with Crippen molar-refractivity contribution in [2.24, 2.45) is 0 Å². The summed E-state index contributed by atoms with van der Waals surface area (Å²) in [6.07, 6.45) is 1.57. The molecule has 17 heavy (non-hydrogen) atoms. The van der Waals surface area contributed by atoms with Crippen molar-refractivity contribution >= 4 is 15.7 Å². The third kappa shape index (κ3) is 3.00. The fraction of sp³-hybridized carbons (Fsp3) is 0.538. The van der Waals surface area contributed by atoms with Crippen LogP contribution in [0.5, 0.6) is 0 Å². The minimum absolute atomic E-state index is 0.0288. The van der Waals surface area contributed by atoms with E-state index in [1.165, 1.54) is 0 Å². The van der Waals surface area contributed by atoms with Gasteiger partial charge in [0, 0.05) is 5.69 Å². The first-order chi connectivity index (χ1) is 7.79. The summed E-state index contributed by atoms with van der Waals surface area (Å²) in [5.41, 5.74) is 1.83. The number of sulfonamides is 1. The van der Waals surface area contributed by atoms with Crippen molar-refractivity contribution in [3.8, 4) is 0 Å². The fourth-order valence-corrected chi connectivity index (χ4v) is 3.05. The molecule has 0 aromatic heterocycles. The molecule has 94 valence electrons. The van der Waals surface area contributed by atoms with Crippen molar-refractivity contribution in [3.63, 3.8) is 0 Å². The number of hydrogen-bond donors (Lipinski definition) is 1. The molecule has 0 unspecified atom stereocenters. The second-order valence-electron chi connectivity index (χ2n) is 5.68. The lowest BCUT2D eigenvalue weighted by atomic mass is 9.87. The highest BCUT2D eigenvalue weighted by Gasteiger charge is 2.35. The van der Waals surface area contributed by atoms with Gasteiger partial charge < -0.3 is 0 Å². The van der Waals surface area contributed by atoms with Gasteiger partial charge in [-0.1, -0.05) is 32.9 Å². The highest BCUT2D eigenvalue weighted by molar-refractivity contribution is 7.93. The monoisotopic (exact) mass is 253 g/mol. The molecule has 1 fully saturated rings. The Bertz CT molecular complexity index is 510. The van der Waals surface area contributed by atoms with Gasteiger partial charge in [-0.3, -0.25) is 4.72 Å². The normalized spacial score (nSPS) is 16.9. The molecular weight excluding hydrogens is 234 g/mol. The molecule has 3 nitrogen and oxygen atoms in total. The van der Waals surface area contributed by atoms with Crippen LogP contribution in [0.4, 0.5) is 5.69 Å². The van der Waals surface area contributed by atoms with E-state index in [0.29, 0.717) is 5.69 Å². The van der Waals surface area contributed by atoms with E-state index in [0.717, 1.165) is 18.4 Å².